The fraction of sp³-hybridized carbons (Fsp3) is 0.200. The molecule has 0 atom stereocenters. The van der Waals surface area contributed by atoms with Gasteiger partial charge in [-0.15, -0.1) is 0 Å². The van der Waals surface area contributed by atoms with E-state index in [0.29, 0.717) is 16.9 Å². The molecule has 1 amide bonds. The summed E-state index contributed by atoms with van der Waals surface area (Å²) in [5.41, 5.74) is 1.71. The molecule has 2 aromatic carbocycles. The van der Waals surface area contributed by atoms with Crippen molar-refractivity contribution in [2.45, 2.75) is 0 Å². The van der Waals surface area contributed by atoms with E-state index in [1.54, 1.807) is 30.3 Å². The zero-order chi connectivity index (χ0) is 18.9. The minimum Gasteiger partial charge on any atom is -0.379 e. The molecule has 1 fully saturated rings. The van der Waals surface area contributed by atoms with Crippen molar-refractivity contribution in [3.05, 3.63) is 72.2 Å². The zero-order valence-corrected chi connectivity index (χ0v) is 14.7. The number of nitrogens with zero attached hydrogens (tertiary/aromatic N) is 1. The van der Waals surface area contributed by atoms with E-state index in [-0.39, 0.29) is 17.4 Å². The first-order chi connectivity index (χ1) is 13.2. The minimum absolute atomic E-state index is 0.275. The first kappa shape index (κ1) is 18.8. The summed E-state index contributed by atoms with van der Waals surface area (Å²) in [6.45, 7) is 3.83. The summed E-state index contributed by atoms with van der Waals surface area (Å²) in [7, 11) is 0. The second kappa shape index (κ2) is 9.61. The number of carbonyl (C=O) groups excluding carboxylic acids is 1. The maximum absolute atomic E-state index is 13.7. The molecule has 0 aliphatic carbocycles. The predicted octanol–water partition coefficient (Wildman–Crippen LogP) is 3.07. The van der Waals surface area contributed by atoms with Crippen molar-refractivity contribution >= 4 is 11.6 Å². The molecule has 1 aliphatic heterocycles. The van der Waals surface area contributed by atoms with Gasteiger partial charge in [0.15, 0.2) is 0 Å². The molecule has 1 aliphatic rings. The van der Waals surface area contributed by atoms with Gasteiger partial charge in [-0.1, -0.05) is 30.3 Å². The number of hydrogen-bond acceptors (Lipinski definition) is 4. The number of H-pyrrole nitrogens is 1. The van der Waals surface area contributed by atoms with Crippen molar-refractivity contribution in [1.29, 1.82) is 0 Å². The number of para-hydroxylation sites is 1. The molecule has 140 valence electrons. The molecule has 3 aromatic rings. The molecule has 2 heterocycles. The van der Waals surface area contributed by atoms with Gasteiger partial charge in [-0.2, -0.15) is 5.10 Å². The molecule has 6 nitrogen and oxygen atoms in total. The van der Waals surface area contributed by atoms with Crippen LogP contribution >= 0.6 is 0 Å². The molecule has 1 aromatic heterocycles. The van der Waals surface area contributed by atoms with E-state index in [1.807, 2.05) is 18.2 Å². The minimum atomic E-state index is -0.376. The van der Waals surface area contributed by atoms with Crippen molar-refractivity contribution in [2.75, 3.05) is 31.6 Å². The van der Waals surface area contributed by atoms with Crippen LogP contribution < -0.4 is 10.6 Å². The van der Waals surface area contributed by atoms with Gasteiger partial charge >= 0.3 is 0 Å². The molecular weight excluding hydrogens is 347 g/mol. The van der Waals surface area contributed by atoms with Crippen LogP contribution in [0.25, 0.3) is 11.3 Å². The Balaban J connectivity index is 0.000000299. The number of aromatic nitrogens is 2. The molecule has 7 heteroatoms. The van der Waals surface area contributed by atoms with Crippen molar-refractivity contribution in [3.63, 3.8) is 0 Å². The lowest BCUT2D eigenvalue weighted by Gasteiger charge is -2.10. The van der Waals surface area contributed by atoms with Crippen molar-refractivity contribution in [3.8, 4) is 11.3 Å². The third-order valence-corrected chi connectivity index (χ3v) is 3.85. The number of aromatic amines is 1. The Bertz CT molecular complexity index is 852. The highest BCUT2D eigenvalue weighted by atomic mass is 19.1. The quantitative estimate of drug-likeness (QED) is 0.664. The van der Waals surface area contributed by atoms with Crippen LogP contribution in [0.3, 0.4) is 0 Å². The molecule has 0 radical (unpaired) electrons. The number of benzene rings is 2. The van der Waals surface area contributed by atoms with Gasteiger partial charge in [0, 0.05) is 24.3 Å². The number of morpholine rings is 1. The van der Waals surface area contributed by atoms with Crippen molar-refractivity contribution in [1.82, 2.24) is 15.5 Å². The van der Waals surface area contributed by atoms with Gasteiger partial charge in [-0.3, -0.25) is 9.89 Å². The lowest BCUT2D eigenvalue weighted by atomic mass is 10.1. The zero-order valence-electron chi connectivity index (χ0n) is 14.7. The highest BCUT2D eigenvalue weighted by Crippen LogP contribution is 2.21. The SMILES string of the molecule is C1COCCN1.O=C(Nc1ccccc1)c1cc(-c2ccccc2F)n[nH]1. The summed E-state index contributed by atoms with van der Waals surface area (Å²) in [5, 5.41) is 12.5. The van der Waals surface area contributed by atoms with Gasteiger partial charge in [-0.25, -0.2) is 4.39 Å². The number of hydrogen-bond donors (Lipinski definition) is 3. The Morgan fingerprint density at radius 1 is 1.04 bits per heavy atom. The van der Waals surface area contributed by atoms with Crippen molar-refractivity contribution < 1.29 is 13.9 Å². The summed E-state index contributed by atoms with van der Waals surface area (Å²) in [4.78, 5) is 12.1. The number of ether oxygens (including phenoxy) is 1. The number of halogens is 1. The van der Waals surface area contributed by atoms with Gasteiger partial charge in [0.05, 0.1) is 18.9 Å². The monoisotopic (exact) mass is 368 g/mol. The third-order valence-electron chi connectivity index (χ3n) is 3.85. The van der Waals surface area contributed by atoms with E-state index < -0.39 is 0 Å². The van der Waals surface area contributed by atoms with Gasteiger partial charge in [0.2, 0.25) is 0 Å². The van der Waals surface area contributed by atoms with Crippen LogP contribution in [-0.2, 0) is 4.74 Å². The van der Waals surface area contributed by atoms with Crippen LogP contribution in [0.1, 0.15) is 10.5 Å². The fourth-order valence-corrected chi connectivity index (χ4v) is 2.48. The van der Waals surface area contributed by atoms with Crippen LogP contribution in [0, 0.1) is 5.82 Å². The Morgan fingerprint density at radius 3 is 2.37 bits per heavy atom. The summed E-state index contributed by atoms with van der Waals surface area (Å²) in [5.74, 6) is -0.699. The highest BCUT2D eigenvalue weighted by molar-refractivity contribution is 6.03. The molecule has 0 bridgehead atoms. The second-order valence-corrected chi connectivity index (χ2v) is 5.83. The Morgan fingerprint density at radius 2 is 1.74 bits per heavy atom. The second-order valence-electron chi connectivity index (χ2n) is 5.83. The van der Waals surface area contributed by atoms with Gasteiger partial charge in [0.1, 0.15) is 11.5 Å². The lowest BCUT2D eigenvalue weighted by molar-refractivity contribution is 0.102. The topological polar surface area (TPSA) is 79.0 Å². The van der Waals surface area contributed by atoms with Crippen molar-refractivity contribution in [2.24, 2.45) is 0 Å². The van der Waals surface area contributed by atoms with E-state index in [9.17, 15) is 9.18 Å². The smallest absolute Gasteiger partial charge is 0.273 e. The molecule has 1 saturated heterocycles. The number of amides is 1. The first-order valence-corrected chi connectivity index (χ1v) is 8.69. The first-order valence-electron chi connectivity index (χ1n) is 8.69. The third kappa shape index (κ3) is 5.47. The van der Waals surface area contributed by atoms with E-state index in [4.69, 9.17) is 4.74 Å². The Hall–Kier alpha value is -3.03. The summed E-state index contributed by atoms with van der Waals surface area (Å²) in [6.07, 6.45) is 0. The number of rotatable bonds is 3. The van der Waals surface area contributed by atoms with E-state index >= 15 is 0 Å². The largest absolute Gasteiger partial charge is 0.379 e. The summed E-state index contributed by atoms with van der Waals surface area (Å²) >= 11 is 0. The van der Waals surface area contributed by atoms with E-state index in [0.717, 1.165) is 26.3 Å². The average molecular weight is 368 g/mol. The molecule has 0 spiro atoms. The number of nitrogens with one attached hydrogen (secondary N) is 3. The molecule has 27 heavy (non-hydrogen) atoms. The summed E-state index contributed by atoms with van der Waals surface area (Å²) < 4.78 is 18.7. The summed E-state index contributed by atoms with van der Waals surface area (Å²) in [6, 6.07) is 16.9. The van der Waals surface area contributed by atoms with E-state index in [2.05, 4.69) is 20.8 Å². The Kier molecular flexibility index (Phi) is 6.67. The van der Waals surface area contributed by atoms with Gasteiger partial charge in [0.25, 0.3) is 5.91 Å². The fourth-order valence-electron chi connectivity index (χ4n) is 2.48. The molecule has 0 unspecified atom stereocenters. The van der Waals surface area contributed by atoms with Crippen LogP contribution in [-0.4, -0.2) is 42.4 Å². The molecule has 3 N–H and O–H groups in total. The molecular formula is C20H21FN4O2. The number of carbonyl (C=O) groups is 1. The van der Waals surface area contributed by atoms with E-state index in [1.165, 1.54) is 12.1 Å². The molecule has 0 saturated carbocycles. The standard InChI is InChI=1S/C16H12FN3O.C4H9NO/c17-13-9-5-4-8-12(13)14-10-15(20-19-14)16(21)18-11-6-2-1-3-7-11;1-3-6-4-2-5-1/h1-10H,(H,18,21)(H,19,20);5H,1-4H2. The maximum atomic E-state index is 13.7. The highest BCUT2D eigenvalue weighted by Gasteiger charge is 2.13. The lowest BCUT2D eigenvalue weighted by Crippen LogP contribution is -2.30. The van der Waals surface area contributed by atoms with Crippen LogP contribution in [0.15, 0.2) is 60.7 Å². The number of anilines is 1. The van der Waals surface area contributed by atoms with Crippen LogP contribution in [0.4, 0.5) is 10.1 Å². The Labute approximate surface area is 156 Å². The molecule has 4 rings (SSSR count). The van der Waals surface area contributed by atoms with Gasteiger partial charge in [-0.05, 0) is 30.3 Å². The van der Waals surface area contributed by atoms with Crippen LogP contribution in [0.5, 0.6) is 0 Å². The van der Waals surface area contributed by atoms with Gasteiger partial charge < -0.3 is 15.4 Å². The normalized spacial score (nSPS) is 13.4. The average Bonchev–Trinajstić information content (AvgIpc) is 3.21. The maximum Gasteiger partial charge on any atom is 0.273 e. The van der Waals surface area contributed by atoms with Crippen LogP contribution in [0.2, 0.25) is 0 Å². The predicted molar refractivity (Wildman–Crippen MR) is 102 cm³/mol.